The van der Waals surface area contributed by atoms with Crippen molar-refractivity contribution in [2.45, 2.75) is 6.54 Å². The van der Waals surface area contributed by atoms with Crippen LogP contribution in [0.3, 0.4) is 0 Å². The van der Waals surface area contributed by atoms with Gasteiger partial charge in [-0.15, -0.1) is 11.3 Å². The molecule has 17 heavy (non-hydrogen) atoms. The smallest absolute Gasteiger partial charge is 0.346 e. The van der Waals surface area contributed by atoms with Gasteiger partial charge in [0.05, 0.1) is 0 Å². The molecule has 0 saturated carbocycles. The maximum absolute atomic E-state index is 11.1. The Kier molecular flexibility index (Phi) is 3.53. The summed E-state index contributed by atoms with van der Waals surface area (Å²) < 4.78 is 0. The monoisotopic (exact) mass is 248 g/mol. The van der Waals surface area contributed by atoms with Crippen molar-refractivity contribution in [3.05, 3.63) is 46.2 Å². The second-order valence-electron chi connectivity index (χ2n) is 3.51. The fourth-order valence-electron chi connectivity index (χ4n) is 1.73. The molecule has 0 spiro atoms. The van der Waals surface area contributed by atoms with E-state index in [1.54, 1.807) is 5.38 Å². The molecule has 2 aromatic rings. The highest BCUT2D eigenvalue weighted by Gasteiger charge is 2.15. The molecule has 4 N–H and O–H groups in total. The minimum absolute atomic E-state index is 0.356. The number of nitrogens with one attached hydrogen (secondary N) is 1. The topological polar surface area (TPSA) is 75.3 Å². The van der Waals surface area contributed by atoms with Crippen LogP contribution in [0.15, 0.2) is 35.7 Å². The number of carbonyl (C=O) groups is 1. The fourth-order valence-corrected chi connectivity index (χ4v) is 2.48. The lowest BCUT2D eigenvalue weighted by atomic mass is 10.0. The standard InChI is InChI=1S/C12H12N2O2S/c13-14-7-8-3-1-2-4-9(8)10-5-6-17-11(10)12(15)16/h1-6,14H,7,13H2,(H,15,16). The van der Waals surface area contributed by atoms with Crippen molar-refractivity contribution in [1.29, 1.82) is 0 Å². The summed E-state index contributed by atoms with van der Waals surface area (Å²) in [5.41, 5.74) is 5.22. The van der Waals surface area contributed by atoms with Gasteiger partial charge < -0.3 is 5.11 Å². The summed E-state index contributed by atoms with van der Waals surface area (Å²) in [6, 6.07) is 9.45. The third kappa shape index (κ3) is 2.36. The second kappa shape index (κ2) is 5.09. The lowest BCUT2D eigenvalue weighted by molar-refractivity contribution is 0.0703. The van der Waals surface area contributed by atoms with Crippen LogP contribution in [-0.4, -0.2) is 11.1 Å². The summed E-state index contributed by atoms with van der Waals surface area (Å²) in [7, 11) is 0. The summed E-state index contributed by atoms with van der Waals surface area (Å²) in [5, 5.41) is 10.9. The van der Waals surface area contributed by atoms with Crippen LogP contribution in [0.5, 0.6) is 0 Å². The average molecular weight is 248 g/mol. The number of carboxylic acid groups (broad SMARTS) is 1. The Morgan fingerprint density at radius 1 is 1.29 bits per heavy atom. The molecule has 0 fully saturated rings. The maximum atomic E-state index is 11.1. The van der Waals surface area contributed by atoms with Crippen LogP contribution in [0.1, 0.15) is 15.2 Å². The predicted octanol–water partition coefficient (Wildman–Crippen LogP) is 2.08. The van der Waals surface area contributed by atoms with E-state index >= 15 is 0 Å². The number of hydrogen-bond donors (Lipinski definition) is 3. The van der Waals surface area contributed by atoms with Crippen LogP contribution in [-0.2, 0) is 6.54 Å². The van der Waals surface area contributed by atoms with Crippen molar-refractivity contribution >= 4 is 17.3 Å². The van der Waals surface area contributed by atoms with Crippen LogP contribution in [0, 0.1) is 0 Å². The SMILES string of the molecule is NNCc1ccccc1-c1ccsc1C(=O)O. The van der Waals surface area contributed by atoms with Crippen molar-refractivity contribution in [3.8, 4) is 11.1 Å². The number of carboxylic acids is 1. The quantitative estimate of drug-likeness (QED) is 0.572. The Morgan fingerprint density at radius 2 is 2.06 bits per heavy atom. The number of aromatic carboxylic acids is 1. The molecule has 0 radical (unpaired) electrons. The first kappa shape index (κ1) is 11.8. The van der Waals surface area contributed by atoms with Gasteiger partial charge in [-0.05, 0) is 22.6 Å². The Bertz CT molecular complexity index is 537. The number of hydrazine groups is 1. The Hall–Kier alpha value is -1.69. The Balaban J connectivity index is 2.52. The van der Waals surface area contributed by atoms with Gasteiger partial charge in [-0.3, -0.25) is 11.3 Å². The van der Waals surface area contributed by atoms with Gasteiger partial charge in [0.25, 0.3) is 0 Å². The molecule has 1 aromatic carbocycles. The van der Waals surface area contributed by atoms with Crippen molar-refractivity contribution < 1.29 is 9.90 Å². The van der Waals surface area contributed by atoms with Gasteiger partial charge in [-0.2, -0.15) is 0 Å². The first-order valence-electron chi connectivity index (χ1n) is 5.06. The van der Waals surface area contributed by atoms with Gasteiger partial charge in [0.2, 0.25) is 0 Å². The van der Waals surface area contributed by atoms with Crippen LogP contribution in [0.4, 0.5) is 0 Å². The molecule has 1 heterocycles. The van der Waals surface area contributed by atoms with Crippen LogP contribution >= 0.6 is 11.3 Å². The molecule has 2 rings (SSSR count). The minimum atomic E-state index is -0.898. The van der Waals surface area contributed by atoms with Crippen LogP contribution in [0.2, 0.25) is 0 Å². The molecule has 0 bridgehead atoms. The first-order chi connectivity index (χ1) is 8.24. The van der Waals surface area contributed by atoms with E-state index in [0.717, 1.165) is 16.7 Å². The third-order valence-corrected chi connectivity index (χ3v) is 3.36. The highest BCUT2D eigenvalue weighted by molar-refractivity contribution is 7.12. The molecular formula is C12H12N2O2S. The zero-order valence-electron chi connectivity index (χ0n) is 9.01. The highest BCUT2D eigenvalue weighted by atomic mass is 32.1. The molecule has 5 heteroatoms. The van der Waals surface area contributed by atoms with Gasteiger partial charge in [0, 0.05) is 12.1 Å². The van der Waals surface area contributed by atoms with E-state index in [-0.39, 0.29) is 0 Å². The zero-order valence-corrected chi connectivity index (χ0v) is 9.83. The van der Waals surface area contributed by atoms with Gasteiger partial charge >= 0.3 is 5.97 Å². The lowest BCUT2D eigenvalue weighted by Crippen LogP contribution is -2.21. The molecule has 88 valence electrons. The third-order valence-electron chi connectivity index (χ3n) is 2.46. The fraction of sp³-hybridized carbons (Fsp3) is 0.0833. The summed E-state index contributed by atoms with van der Waals surface area (Å²) in [4.78, 5) is 11.5. The van der Waals surface area contributed by atoms with Gasteiger partial charge in [0.1, 0.15) is 4.88 Å². The van der Waals surface area contributed by atoms with E-state index < -0.39 is 5.97 Å². The van der Waals surface area contributed by atoms with Gasteiger partial charge in [0.15, 0.2) is 0 Å². The van der Waals surface area contributed by atoms with Crippen molar-refractivity contribution in [3.63, 3.8) is 0 Å². The molecule has 0 aliphatic carbocycles. The number of benzene rings is 1. The minimum Gasteiger partial charge on any atom is -0.477 e. The summed E-state index contributed by atoms with van der Waals surface area (Å²) in [5.74, 6) is 4.42. The number of thiophene rings is 1. The number of hydrogen-bond acceptors (Lipinski definition) is 4. The van der Waals surface area contributed by atoms with Crippen molar-refractivity contribution in [2.24, 2.45) is 5.84 Å². The van der Waals surface area contributed by atoms with Crippen molar-refractivity contribution in [2.75, 3.05) is 0 Å². The van der Waals surface area contributed by atoms with E-state index in [0.29, 0.717) is 11.4 Å². The molecule has 0 unspecified atom stereocenters. The van der Waals surface area contributed by atoms with Crippen LogP contribution < -0.4 is 11.3 Å². The van der Waals surface area contributed by atoms with E-state index in [9.17, 15) is 4.79 Å². The molecule has 0 atom stereocenters. The second-order valence-corrected chi connectivity index (χ2v) is 4.42. The molecule has 0 amide bonds. The summed E-state index contributed by atoms with van der Waals surface area (Å²) >= 11 is 1.23. The average Bonchev–Trinajstić information content (AvgIpc) is 2.79. The van der Waals surface area contributed by atoms with Crippen molar-refractivity contribution in [1.82, 2.24) is 5.43 Å². The Morgan fingerprint density at radius 3 is 2.76 bits per heavy atom. The Labute approximate surface area is 103 Å². The number of rotatable bonds is 4. The molecule has 4 nitrogen and oxygen atoms in total. The number of nitrogens with two attached hydrogens (primary N) is 1. The van der Waals surface area contributed by atoms with E-state index in [4.69, 9.17) is 10.9 Å². The molecular weight excluding hydrogens is 236 g/mol. The highest BCUT2D eigenvalue weighted by Crippen LogP contribution is 2.30. The molecule has 1 aromatic heterocycles. The summed E-state index contributed by atoms with van der Waals surface area (Å²) in [6.07, 6.45) is 0. The largest absolute Gasteiger partial charge is 0.477 e. The molecule has 0 saturated heterocycles. The lowest BCUT2D eigenvalue weighted by Gasteiger charge is -2.08. The predicted molar refractivity (Wildman–Crippen MR) is 67.7 cm³/mol. The van der Waals surface area contributed by atoms with Gasteiger partial charge in [-0.1, -0.05) is 24.3 Å². The normalized spacial score (nSPS) is 10.4. The van der Waals surface area contributed by atoms with Gasteiger partial charge in [-0.25, -0.2) is 4.79 Å². The first-order valence-corrected chi connectivity index (χ1v) is 5.94. The zero-order chi connectivity index (χ0) is 12.3. The van der Waals surface area contributed by atoms with E-state index in [1.807, 2.05) is 30.3 Å². The maximum Gasteiger partial charge on any atom is 0.346 e. The van der Waals surface area contributed by atoms with E-state index in [2.05, 4.69) is 5.43 Å². The molecule has 0 aliphatic rings. The summed E-state index contributed by atoms with van der Waals surface area (Å²) in [6.45, 7) is 0.505. The van der Waals surface area contributed by atoms with E-state index in [1.165, 1.54) is 11.3 Å². The molecule has 0 aliphatic heterocycles. The van der Waals surface area contributed by atoms with Crippen LogP contribution in [0.25, 0.3) is 11.1 Å².